The van der Waals surface area contributed by atoms with Crippen molar-refractivity contribution in [1.82, 2.24) is 0 Å². The molecule has 2 N–H and O–H groups in total. The number of carbonyl (C=O) groups excluding carboxylic acids is 1. The second-order valence-electron chi connectivity index (χ2n) is 5.85. The van der Waals surface area contributed by atoms with Gasteiger partial charge in [0.2, 0.25) is 5.91 Å². The molecule has 0 saturated carbocycles. The van der Waals surface area contributed by atoms with E-state index in [1.807, 2.05) is 57.2 Å². The average Bonchev–Trinajstić information content (AvgIpc) is 2.73. The molecule has 2 unspecified atom stereocenters. The molecule has 2 atom stereocenters. The number of carbonyl (C=O) groups is 1. The van der Waals surface area contributed by atoms with Crippen LogP contribution in [0, 0.1) is 13.8 Å². The summed E-state index contributed by atoms with van der Waals surface area (Å²) in [4.78, 5) is 11.9. The van der Waals surface area contributed by atoms with Crippen LogP contribution in [0.25, 0.3) is 0 Å². The van der Waals surface area contributed by atoms with Crippen LogP contribution in [0.5, 0.6) is 0 Å². The summed E-state index contributed by atoms with van der Waals surface area (Å²) in [5, 5.41) is 13.6. The summed E-state index contributed by atoms with van der Waals surface area (Å²) in [7, 11) is 0. The van der Waals surface area contributed by atoms with Gasteiger partial charge in [-0.1, -0.05) is 47.5 Å². The molecule has 1 aliphatic heterocycles. The highest BCUT2D eigenvalue weighted by molar-refractivity contribution is 6.03. The van der Waals surface area contributed by atoms with Gasteiger partial charge in [-0.05, 0) is 31.9 Å². The molecule has 0 saturated heterocycles. The summed E-state index contributed by atoms with van der Waals surface area (Å²) in [6.45, 7) is 5.88. The van der Waals surface area contributed by atoms with E-state index in [9.17, 15) is 9.90 Å². The van der Waals surface area contributed by atoms with Gasteiger partial charge in [0.25, 0.3) is 0 Å². The summed E-state index contributed by atoms with van der Waals surface area (Å²) in [5.74, 6) is -0.170. The number of aliphatic hydroxyl groups is 1. The Bertz CT molecular complexity index is 721. The summed E-state index contributed by atoms with van der Waals surface area (Å²) < 4.78 is 0. The number of aryl methyl sites for hydroxylation is 2. The predicted molar refractivity (Wildman–Crippen MR) is 83.5 cm³/mol. The first kappa shape index (κ1) is 13.8. The highest BCUT2D eigenvalue weighted by Gasteiger charge is 2.30. The van der Waals surface area contributed by atoms with Crippen molar-refractivity contribution in [1.29, 1.82) is 0 Å². The number of hydrogen-bond acceptors (Lipinski definition) is 2. The molecule has 3 rings (SSSR count). The molecular weight excluding hydrogens is 262 g/mol. The van der Waals surface area contributed by atoms with Crippen LogP contribution in [-0.2, 0) is 4.79 Å². The Kier molecular flexibility index (Phi) is 3.30. The van der Waals surface area contributed by atoms with E-state index in [0.29, 0.717) is 0 Å². The Hall–Kier alpha value is -2.13. The average molecular weight is 281 g/mol. The van der Waals surface area contributed by atoms with E-state index in [1.54, 1.807) is 0 Å². The Morgan fingerprint density at radius 3 is 2.62 bits per heavy atom. The van der Waals surface area contributed by atoms with Crippen molar-refractivity contribution in [3.8, 4) is 0 Å². The van der Waals surface area contributed by atoms with Crippen molar-refractivity contribution in [3.05, 3.63) is 64.2 Å². The number of fused-ring (bicyclic) bond motifs is 1. The maximum Gasteiger partial charge on any atom is 0.231 e. The summed E-state index contributed by atoms with van der Waals surface area (Å²) in [6, 6.07) is 11.8. The van der Waals surface area contributed by atoms with E-state index < -0.39 is 6.10 Å². The third kappa shape index (κ3) is 2.34. The highest BCUT2D eigenvalue weighted by atomic mass is 16.3. The zero-order valence-electron chi connectivity index (χ0n) is 12.5. The lowest BCUT2D eigenvalue weighted by Gasteiger charge is -2.17. The standard InChI is InChI=1S/C18H19NO2/c1-10-5-4-6-13(7-10)17(20)15-9-11(2)8-14-12(3)18(21)19-16(14)15/h4-9,12,17,20H,1-3H3,(H,19,21). The van der Waals surface area contributed by atoms with Crippen LogP contribution in [0.3, 0.4) is 0 Å². The maximum absolute atomic E-state index is 11.9. The van der Waals surface area contributed by atoms with Crippen LogP contribution < -0.4 is 5.32 Å². The molecular formula is C18H19NO2. The first-order chi connectivity index (χ1) is 9.97. The van der Waals surface area contributed by atoms with Gasteiger partial charge in [-0.2, -0.15) is 0 Å². The third-order valence-corrected chi connectivity index (χ3v) is 4.10. The predicted octanol–water partition coefficient (Wildman–Crippen LogP) is 3.44. The van der Waals surface area contributed by atoms with Gasteiger partial charge >= 0.3 is 0 Å². The zero-order chi connectivity index (χ0) is 15.1. The summed E-state index contributed by atoms with van der Waals surface area (Å²) >= 11 is 0. The van der Waals surface area contributed by atoms with Crippen LogP contribution in [0.4, 0.5) is 5.69 Å². The Morgan fingerprint density at radius 1 is 1.14 bits per heavy atom. The van der Waals surface area contributed by atoms with E-state index in [2.05, 4.69) is 5.32 Å². The molecule has 2 aromatic rings. The van der Waals surface area contributed by atoms with Gasteiger partial charge < -0.3 is 10.4 Å². The first-order valence-corrected chi connectivity index (χ1v) is 7.17. The Morgan fingerprint density at radius 2 is 1.90 bits per heavy atom. The minimum absolute atomic E-state index is 0.00621. The van der Waals surface area contributed by atoms with Crippen molar-refractivity contribution in [2.24, 2.45) is 0 Å². The SMILES string of the molecule is Cc1cccc(C(O)c2cc(C)cc3c2NC(=O)C3C)c1. The molecule has 0 aliphatic carbocycles. The molecule has 1 aliphatic rings. The van der Waals surface area contributed by atoms with Crippen LogP contribution in [-0.4, -0.2) is 11.0 Å². The zero-order valence-corrected chi connectivity index (χ0v) is 12.5. The monoisotopic (exact) mass is 281 g/mol. The van der Waals surface area contributed by atoms with Gasteiger partial charge in [-0.3, -0.25) is 4.79 Å². The summed E-state index contributed by atoms with van der Waals surface area (Å²) in [5.41, 5.74) is 5.52. The number of amides is 1. The van der Waals surface area contributed by atoms with Gasteiger partial charge in [-0.15, -0.1) is 0 Å². The lowest BCUT2D eigenvalue weighted by atomic mass is 9.92. The second kappa shape index (κ2) is 5.01. The lowest BCUT2D eigenvalue weighted by molar-refractivity contribution is -0.116. The molecule has 21 heavy (non-hydrogen) atoms. The molecule has 2 aromatic carbocycles. The topological polar surface area (TPSA) is 49.3 Å². The van der Waals surface area contributed by atoms with E-state index in [-0.39, 0.29) is 11.8 Å². The molecule has 0 spiro atoms. The smallest absolute Gasteiger partial charge is 0.231 e. The van der Waals surface area contributed by atoms with Gasteiger partial charge in [-0.25, -0.2) is 0 Å². The molecule has 3 nitrogen and oxygen atoms in total. The van der Waals surface area contributed by atoms with Crippen molar-refractivity contribution in [2.45, 2.75) is 32.8 Å². The minimum atomic E-state index is -0.732. The van der Waals surface area contributed by atoms with E-state index in [1.165, 1.54) is 0 Å². The van der Waals surface area contributed by atoms with Crippen molar-refractivity contribution < 1.29 is 9.90 Å². The van der Waals surface area contributed by atoms with Gasteiger partial charge in [0, 0.05) is 5.56 Å². The van der Waals surface area contributed by atoms with E-state index in [4.69, 9.17) is 0 Å². The van der Waals surface area contributed by atoms with Crippen molar-refractivity contribution in [3.63, 3.8) is 0 Å². The molecule has 3 heteroatoms. The normalized spacial score (nSPS) is 18.3. The fourth-order valence-corrected chi connectivity index (χ4v) is 2.94. The third-order valence-electron chi connectivity index (χ3n) is 4.10. The highest BCUT2D eigenvalue weighted by Crippen LogP contribution is 2.40. The molecule has 0 aromatic heterocycles. The van der Waals surface area contributed by atoms with Crippen LogP contribution >= 0.6 is 0 Å². The Labute approximate surface area is 124 Å². The van der Waals surface area contributed by atoms with Gasteiger partial charge in [0.1, 0.15) is 6.10 Å². The molecule has 0 radical (unpaired) electrons. The molecule has 1 amide bonds. The summed E-state index contributed by atoms with van der Waals surface area (Å²) in [6.07, 6.45) is -0.732. The number of nitrogens with one attached hydrogen (secondary N) is 1. The number of aliphatic hydroxyl groups excluding tert-OH is 1. The van der Waals surface area contributed by atoms with Crippen molar-refractivity contribution >= 4 is 11.6 Å². The largest absolute Gasteiger partial charge is 0.384 e. The quantitative estimate of drug-likeness (QED) is 0.886. The number of anilines is 1. The number of rotatable bonds is 2. The van der Waals surface area contributed by atoms with Crippen LogP contribution in [0.2, 0.25) is 0 Å². The number of hydrogen-bond donors (Lipinski definition) is 2. The first-order valence-electron chi connectivity index (χ1n) is 7.17. The molecule has 1 heterocycles. The van der Waals surface area contributed by atoms with Crippen LogP contribution in [0.15, 0.2) is 36.4 Å². The van der Waals surface area contributed by atoms with Gasteiger partial charge in [0.05, 0.1) is 11.6 Å². The molecule has 108 valence electrons. The second-order valence-corrected chi connectivity index (χ2v) is 5.85. The minimum Gasteiger partial charge on any atom is -0.384 e. The maximum atomic E-state index is 11.9. The van der Waals surface area contributed by atoms with E-state index in [0.717, 1.165) is 33.5 Å². The fraction of sp³-hybridized carbons (Fsp3) is 0.278. The number of benzene rings is 2. The van der Waals surface area contributed by atoms with Gasteiger partial charge in [0.15, 0.2) is 0 Å². The Balaban J connectivity index is 2.11. The molecule has 0 fully saturated rings. The lowest BCUT2D eigenvalue weighted by Crippen LogP contribution is -2.10. The van der Waals surface area contributed by atoms with Crippen molar-refractivity contribution in [2.75, 3.05) is 5.32 Å². The van der Waals surface area contributed by atoms with Crippen LogP contribution in [0.1, 0.15) is 46.8 Å². The fourth-order valence-electron chi connectivity index (χ4n) is 2.94. The van der Waals surface area contributed by atoms with E-state index >= 15 is 0 Å². The molecule has 0 bridgehead atoms.